The molecule has 7 nitrogen and oxygen atoms in total. The van der Waals surface area contributed by atoms with E-state index in [1.807, 2.05) is 30.3 Å². The number of fused-ring (bicyclic) bond motifs is 1. The molecule has 0 atom stereocenters. The van der Waals surface area contributed by atoms with Crippen molar-refractivity contribution >= 4 is 28.5 Å². The van der Waals surface area contributed by atoms with Crippen molar-refractivity contribution in [2.24, 2.45) is 0 Å². The molecule has 3 rings (SSSR count). The second-order valence-electron chi connectivity index (χ2n) is 7.68. The van der Waals surface area contributed by atoms with E-state index in [4.69, 9.17) is 4.74 Å². The number of piperazine rings is 1. The molecule has 1 aliphatic rings. The lowest BCUT2D eigenvalue weighted by atomic mass is 10.1. The standard InChI is InChI=1S/C23H29N3O4/c1-17(27)25-10-12-26(13-11-25)23(29)9-8-22(28)24(2)16-18-4-5-20-15-21(30-3)7-6-19(20)14-18/h4-7,14-15H,8-13,16H2,1-3H3. The van der Waals surface area contributed by atoms with Gasteiger partial charge in [0.1, 0.15) is 5.75 Å². The van der Waals surface area contributed by atoms with Crippen LogP contribution in [0, 0.1) is 0 Å². The Balaban J connectivity index is 1.49. The van der Waals surface area contributed by atoms with Crippen molar-refractivity contribution in [3.05, 3.63) is 42.0 Å². The van der Waals surface area contributed by atoms with Crippen molar-refractivity contribution < 1.29 is 19.1 Å². The first-order chi connectivity index (χ1) is 14.4. The molecule has 0 aromatic heterocycles. The highest BCUT2D eigenvalue weighted by molar-refractivity contribution is 5.85. The van der Waals surface area contributed by atoms with Gasteiger partial charge in [-0.25, -0.2) is 0 Å². The molecule has 1 fully saturated rings. The number of rotatable bonds is 6. The molecule has 0 saturated carbocycles. The molecule has 2 aromatic rings. The molecule has 1 saturated heterocycles. The molecule has 0 radical (unpaired) electrons. The average Bonchev–Trinajstić information content (AvgIpc) is 2.76. The van der Waals surface area contributed by atoms with Gasteiger partial charge in [0.2, 0.25) is 17.7 Å². The molecular weight excluding hydrogens is 382 g/mol. The Labute approximate surface area is 177 Å². The molecular formula is C23H29N3O4. The Bertz CT molecular complexity index is 935. The highest BCUT2D eigenvalue weighted by Gasteiger charge is 2.23. The lowest BCUT2D eigenvalue weighted by molar-refractivity contribution is -0.140. The van der Waals surface area contributed by atoms with Gasteiger partial charge in [0, 0.05) is 59.5 Å². The fourth-order valence-corrected chi connectivity index (χ4v) is 3.69. The van der Waals surface area contributed by atoms with E-state index >= 15 is 0 Å². The number of carbonyl (C=O) groups is 3. The highest BCUT2D eigenvalue weighted by atomic mass is 16.5. The van der Waals surface area contributed by atoms with E-state index in [0.717, 1.165) is 22.1 Å². The summed E-state index contributed by atoms with van der Waals surface area (Å²) in [6.07, 6.45) is 0.383. The third kappa shape index (κ3) is 5.28. The molecule has 1 aliphatic heterocycles. The van der Waals surface area contributed by atoms with Crippen LogP contribution in [0.4, 0.5) is 0 Å². The van der Waals surface area contributed by atoms with E-state index < -0.39 is 0 Å². The summed E-state index contributed by atoms with van der Waals surface area (Å²) in [7, 11) is 3.41. The van der Waals surface area contributed by atoms with Gasteiger partial charge in [0.25, 0.3) is 0 Å². The van der Waals surface area contributed by atoms with Crippen LogP contribution in [-0.4, -0.2) is 72.8 Å². The SMILES string of the molecule is COc1ccc2cc(CN(C)C(=O)CCC(=O)N3CCN(C(C)=O)CC3)ccc2c1. The van der Waals surface area contributed by atoms with Crippen LogP contribution in [0.2, 0.25) is 0 Å². The van der Waals surface area contributed by atoms with Crippen LogP contribution in [0.25, 0.3) is 10.8 Å². The molecule has 0 aliphatic carbocycles. The Hall–Kier alpha value is -3.09. The summed E-state index contributed by atoms with van der Waals surface area (Å²) in [6.45, 7) is 4.21. The van der Waals surface area contributed by atoms with E-state index in [1.54, 1.807) is 35.8 Å². The van der Waals surface area contributed by atoms with Crippen LogP contribution in [0.5, 0.6) is 5.75 Å². The molecule has 0 spiro atoms. The van der Waals surface area contributed by atoms with Crippen LogP contribution in [-0.2, 0) is 20.9 Å². The number of hydrogen-bond donors (Lipinski definition) is 0. The number of amides is 3. The lowest BCUT2D eigenvalue weighted by Gasteiger charge is -2.34. The van der Waals surface area contributed by atoms with Gasteiger partial charge < -0.3 is 19.4 Å². The number of carbonyl (C=O) groups excluding carboxylic acids is 3. The van der Waals surface area contributed by atoms with E-state index in [9.17, 15) is 14.4 Å². The maximum atomic E-state index is 12.5. The Morgan fingerprint density at radius 3 is 2.23 bits per heavy atom. The summed E-state index contributed by atoms with van der Waals surface area (Å²) < 4.78 is 5.25. The molecule has 30 heavy (non-hydrogen) atoms. The zero-order valence-electron chi connectivity index (χ0n) is 17.9. The van der Waals surface area contributed by atoms with Gasteiger partial charge in [-0.3, -0.25) is 14.4 Å². The predicted molar refractivity (Wildman–Crippen MR) is 115 cm³/mol. The van der Waals surface area contributed by atoms with Crippen molar-refractivity contribution in [3.63, 3.8) is 0 Å². The number of methoxy groups -OCH3 is 1. The normalized spacial score (nSPS) is 14.0. The molecule has 160 valence electrons. The molecule has 0 unspecified atom stereocenters. The van der Waals surface area contributed by atoms with E-state index in [-0.39, 0.29) is 30.6 Å². The van der Waals surface area contributed by atoms with E-state index in [0.29, 0.717) is 32.7 Å². The van der Waals surface area contributed by atoms with Gasteiger partial charge in [-0.2, -0.15) is 0 Å². The molecule has 7 heteroatoms. The van der Waals surface area contributed by atoms with E-state index in [1.165, 1.54) is 0 Å². The maximum absolute atomic E-state index is 12.5. The Kier molecular flexibility index (Phi) is 6.92. The van der Waals surface area contributed by atoms with Crippen molar-refractivity contribution in [2.75, 3.05) is 40.3 Å². The van der Waals surface area contributed by atoms with Crippen LogP contribution >= 0.6 is 0 Å². The third-order valence-corrected chi connectivity index (χ3v) is 5.59. The summed E-state index contributed by atoms with van der Waals surface area (Å²) in [5, 5.41) is 2.18. The fourth-order valence-electron chi connectivity index (χ4n) is 3.69. The topological polar surface area (TPSA) is 70.2 Å². The molecule has 0 bridgehead atoms. The fraction of sp³-hybridized carbons (Fsp3) is 0.435. The Morgan fingerprint density at radius 2 is 1.57 bits per heavy atom. The number of nitrogens with zero attached hydrogens (tertiary/aromatic N) is 3. The predicted octanol–water partition coefficient (Wildman–Crippen LogP) is 2.28. The maximum Gasteiger partial charge on any atom is 0.223 e. The van der Waals surface area contributed by atoms with Crippen LogP contribution in [0.3, 0.4) is 0 Å². The summed E-state index contributed by atoms with van der Waals surface area (Å²) >= 11 is 0. The average molecular weight is 412 g/mol. The first-order valence-corrected chi connectivity index (χ1v) is 10.2. The summed E-state index contributed by atoms with van der Waals surface area (Å²) in [4.78, 5) is 41.4. The largest absolute Gasteiger partial charge is 0.497 e. The van der Waals surface area contributed by atoms with Crippen molar-refractivity contribution in [3.8, 4) is 5.75 Å². The minimum Gasteiger partial charge on any atom is -0.497 e. The van der Waals surface area contributed by atoms with Gasteiger partial charge >= 0.3 is 0 Å². The zero-order valence-corrected chi connectivity index (χ0v) is 17.9. The van der Waals surface area contributed by atoms with Gasteiger partial charge in [-0.15, -0.1) is 0 Å². The smallest absolute Gasteiger partial charge is 0.223 e. The van der Waals surface area contributed by atoms with Gasteiger partial charge in [0.15, 0.2) is 0 Å². The first kappa shape index (κ1) is 21.6. The van der Waals surface area contributed by atoms with Gasteiger partial charge in [-0.1, -0.05) is 18.2 Å². The second kappa shape index (κ2) is 9.61. The van der Waals surface area contributed by atoms with Crippen LogP contribution in [0.15, 0.2) is 36.4 Å². The third-order valence-electron chi connectivity index (χ3n) is 5.59. The molecule has 0 N–H and O–H groups in total. The Morgan fingerprint density at radius 1 is 0.933 bits per heavy atom. The second-order valence-corrected chi connectivity index (χ2v) is 7.68. The first-order valence-electron chi connectivity index (χ1n) is 10.2. The summed E-state index contributed by atoms with van der Waals surface area (Å²) in [5.41, 5.74) is 1.04. The summed E-state index contributed by atoms with van der Waals surface area (Å²) in [5.74, 6) is 0.766. The number of hydrogen-bond acceptors (Lipinski definition) is 4. The zero-order chi connectivity index (χ0) is 21.7. The molecule has 1 heterocycles. The number of ether oxygens (including phenoxy) is 1. The van der Waals surface area contributed by atoms with E-state index in [2.05, 4.69) is 6.07 Å². The van der Waals surface area contributed by atoms with Gasteiger partial charge in [-0.05, 0) is 34.5 Å². The van der Waals surface area contributed by atoms with Gasteiger partial charge in [0.05, 0.1) is 7.11 Å². The minimum atomic E-state index is -0.0550. The monoisotopic (exact) mass is 411 g/mol. The van der Waals surface area contributed by atoms with Crippen LogP contribution < -0.4 is 4.74 Å². The quantitative estimate of drug-likeness (QED) is 0.731. The summed E-state index contributed by atoms with van der Waals surface area (Å²) in [6, 6.07) is 12.0. The van der Waals surface area contributed by atoms with Crippen molar-refractivity contribution in [1.29, 1.82) is 0 Å². The van der Waals surface area contributed by atoms with Crippen molar-refractivity contribution in [2.45, 2.75) is 26.3 Å². The van der Waals surface area contributed by atoms with Crippen LogP contribution in [0.1, 0.15) is 25.3 Å². The molecule has 2 aromatic carbocycles. The molecule has 3 amide bonds. The van der Waals surface area contributed by atoms with Crippen molar-refractivity contribution in [1.82, 2.24) is 14.7 Å². The number of benzene rings is 2. The highest BCUT2D eigenvalue weighted by Crippen LogP contribution is 2.22. The lowest BCUT2D eigenvalue weighted by Crippen LogP contribution is -2.50. The minimum absolute atomic E-state index is 0.0281.